The van der Waals surface area contributed by atoms with Crippen LogP contribution < -0.4 is 5.32 Å². The highest BCUT2D eigenvalue weighted by atomic mass is 16.3. The maximum absolute atomic E-state index is 13.8. The molecule has 1 saturated heterocycles. The van der Waals surface area contributed by atoms with E-state index in [0.717, 1.165) is 70.3 Å². The topological polar surface area (TPSA) is 74.0 Å². The fourth-order valence-corrected chi connectivity index (χ4v) is 6.22. The van der Waals surface area contributed by atoms with E-state index in [1.54, 1.807) is 6.26 Å². The molecule has 0 spiro atoms. The van der Waals surface area contributed by atoms with Crippen molar-refractivity contribution in [2.24, 2.45) is 0 Å². The summed E-state index contributed by atoms with van der Waals surface area (Å²) in [6.07, 6.45) is 9.33. The number of nitrogens with zero attached hydrogens (tertiary/aromatic N) is 4. The van der Waals surface area contributed by atoms with Gasteiger partial charge in [-0.3, -0.25) is 9.59 Å². The van der Waals surface area contributed by atoms with E-state index in [1.807, 2.05) is 28.5 Å². The number of carbonyl (C=O) groups is 2. The zero-order valence-electron chi connectivity index (χ0n) is 21.4. The molecule has 35 heavy (non-hydrogen) atoms. The first-order valence-electron chi connectivity index (χ1n) is 13.6. The van der Waals surface area contributed by atoms with E-state index in [4.69, 9.17) is 4.42 Å². The summed E-state index contributed by atoms with van der Waals surface area (Å²) in [5, 5.41) is 3.32. The molecule has 5 rings (SSSR count). The van der Waals surface area contributed by atoms with Crippen molar-refractivity contribution in [3.63, 3.8) is 0 Å². The quantitative estimate of drug-likeness (QED) is 0.624. The Morgan fingerprint density at radius 3 is 2.51 bits per heavy atom. The first kappa shape index (κ1) is 24.4. The number of rotatable bonds is 8. The number of nitrogens with one attached hydrogen (secondary N) is 1. The van der Waals surface area contributed by atoms with Crippen molar-refractivity contribution in [1.29, 1.82) is 0 Å². The van der Waals surface area contributed by atoms with E-state index in [0.29, 0.717) is 24.4 Å². The molecule has 3 aliphatic rings. The molecule has 4 heterocycles. The molecular weight excluding hydrogens is 442 g/mol. The van der Waals surface area contributed by atoms with E-state index in [9.17, 15) is 9.59 Å². The fraction of sp³-hybridized carbons (Fsp3) is 0.704. The molecule has 8 nitrogen and oxygen atoms in total. The first-order chi connectivity index (χ1) is 17.0. The Morgan fingerprint density at radius 1 is 1.09 bits per heavy atom. The number of carbonyl (C=O) groups excluding carboxylic acids is 2. The van der Waals surface area contributed by atoms with Gasteiger partial charge in [-0.2, -0.15) is 0 Å². The third kappa shape index (κ3) is 4.87. The molecule has 192 valence electrons. The Morgan fingerprint density at radius 2 is 1.80 bits per heavy atom. The van der Waals surface area contributed by atoms with Gasteiger partial charge < -0.3 is 29.0 Å². The predicted octanol–water partition coefficient (Wildman–Crippen LogP) is 3.32. The Hall–Kier alpha value is -2.32. The molecule has 8 heteroatoms. The predicted molar refractivity (Wildman–Crippen MR) is 136 cm³/mol. The minimum Gasteiger partial charge on any atom is -0.463 e. The lowest BCUT2D eigenvalue weighted by molar-refractivity contribution is -0.133. The van der Waals surface area contributed by atoms with Gasteiger partial charge in [0.15, 0.2) is 5.58 Å². The van der Waals surface area contributed by atoms with Crippen LogP contribution in [0.15, 0.2) is 22.8 Å². The van der Waals surface area contributed by atoms with E-state index < -0.39 is 5.54 Å². The number of fused-ring (bicyclic) bond motifs is 3. The number of amides is 2. The van der Waals surface area contributed by atoms with Crippen molar-refractivity contribution in [2.45, 2.75) is 76.9 Å². The second-order valence-corrected chi connectivity index (χ2v) is 10.9. The van der Waals surface area contributed by atoms with Crippen LogP contribution in [-0.4, -0.2) is 88.5 Å². The summed E-state index contributed by atoms with van der Waals surface area (Å²) < 4.78 is 7.57. The summed E-state index contributed by atoms with van der Waals surface area (Å²) in [7, 11) is 0. The van der Waals surface area contributed by atoms with Crippen LogP contribution in [0.4, 0.5) is 0 Å². The molecule has 1 N–H and O–H groups in total. The monoisotopic (exact) mass is 483 g/mol. The Kier molecular flexibility index (Phi) is 7.21. The molecule has 2 amide bonds. The van der Waals surface area contributed by atoms with E-state index in [2.05, 4.69) is 22.0 Å². The lowest BCUT2D eigenvalue weighted by Gasteiger charge is -2.45. The van der Waals surface area contributed by atoms with Gasteiger partial charge in [-0.1, -0.05) is 26.2 Å². The molecule has 0 radical (unpaired) electrons. The minimum absolute atomic E-state index is 0.0260. The summed E-state index contributed by atoms with van der Waals surface area (Å²) in [5.74, 6) is -0.0985. The second kappa shape index (κ2) is 10.3. The van der Waals surface area contributed by atoms with Gasteiger partial charge in [0.25, 0.3) is 5.91 Å². The zero-order valence-corrected chi connectivity index (χ0v) is 21.4. The highest BCUT2D eigenvalue weighted by Crippen LogP contribution is 2.33. The van der Waals surface area contributed by atoms with Gasteiger partial charge in [0, 0.05) is 50.9 Å². The first-order valence-corrected chi connectivity index (χ1v) is 13.6. The molecule has 0 aromatic carbocycles. The third-order valence-corrected chi connectivity index (χ3v) is 8.34. The molecule has 1 aliphatic carbocycles. The van der Waals surface area contributed by atoms with Gasteiger partial charge in [0.05, 0.1) is 18.3 Å². The average molecular weight is 484 g/mol. The van der Waals surface area contributed by atoms with Crippen LogP contribution >= 0.6 is 0 Å². The summed E-state index contributed by atoms with van der Waals surface area (Å²) >= 11 is 0. The van der Waals surface area contributed by atoms with Crippen LogP contribution in [0.1, 0.15) is 69.3 Å². The fourth-order valence-electron chi connectivity index (χ4n) is 6.22. The van der Waals surface area contributed by atoms with E-state index in [1.165, 1.54) is 19.4 Å². The van der Waals surface area contributed by atoms with Crippen molar-refractivity contribution >= 4 is 22.9 Å². The standard InChI is InChI=1S/C27H41N5O3/c1-3-11-29-14-16-30(17-15-29)12-7-13-32-25(33)23-19-24-22(10-18-35-24)31(23)20-27(32,2)26(34)28-21-8-5-4-6-9-21/h10,18-19,21H,3-9,11-17,20H2,1-2H3,(H,28,34)/t27-/m0/s1. The number of aromatic nitrogens is 1. The van der Waals surface area contributed by atoms with Gasteiger partial charge in [-0.05, 0) is 45.7 Å². The van der Waals surface area contributed by atoms with E-state index in [-0.39, 0.29) is 17.9 Å². The van der Waals surface area contributed by atoms with Gasteiger partial charge in [0.2, 0.25) is 5.91 Å². The molecule has 0 unspecified atom stereocenters. The Balaban J connectivity index is 1.31. The van der Waals surface area contributed by atoms with Crippen LogP contribution in [0, 0.1) is 0 Å². The maximum Gasteiger partial charge on any atom is 0.271 e. The molecule has 1 saturated carbocycles. The lowest BCUT2D eigenvalue weighted by atomic mass is 9.91. The number of hydrogen-bond donors (Lipinski definition) is 1. The third-order valence-electron chi connectivity index (χ3n) is 8.34. The van der Waals surface area contributed by atoms with Crippen LogP contribution in [0.2, 0.25) is 0 Å². The number of furan rings is 1. The van der Waals surface area contributed by atoms with Crippen LogP contribution in [-0.2, 0) is 11.3 Å². The Bertz CT molecular complexity index is 1030. The van der Waals surface area contributed by atoms with Crippen molar-refractivity contribution < 1.29 is 14.0 Å². The SMILES string of the molecule is CCCN1CCN(CCCN2C(=O)c3cc4occc4n3C[C@@]2(C)C(=O)NC2CCCCC2)CC1. The van der Waals surface area contributed by atoms with Crippen LogP contribution in [0.3, 0.4) is 0 Å². The normalized spacial score (nSPS) is 24.7. The van der Waals surface area contributed by atoms with Crippen molar-refractivity contribution in [3.05, 3.63) is 24.1 Å². The lowest BCUT2D eigenvalue weighted by Crippen LogP contribution is -2.65. The molecule has 2 aromatic heterocycles. The molecule has 2 aliphatic heterocycles. The largest absolute Gasteiger partial charge is 0.463 e. The van der Waals surface area contributed by atoms with Crippen molar-refractivity contribution in [3.8, 4) is 0 Å². The summed E-state index contributed by atoms with van der Waals surface area (Å²) in [4.78, 5) is 34.4. The van der Waals surface area contributed by atoms with Crippen molar-refractivity contribution in [1.82, 2.24) is 24.6 Å². The number of hydrogen-bond acceptors (Lipinski definition) is 5. The van der Waals surface area contributed by atoms with E-state index >= 15 is 0 Å². The Labute approximate surface area is 208 Å². The number of piperazine rings is 1. The summed E-state index contributed by atoms with van der Waals surface area (Å²) in [6.45, 7) is 11.7. The molecular formula is C27H41N5O3. The van der Waals surface area contributed by atoms with Gasteiger partial charge >= 0.3 is 0 Å². The van der Waals surface area contributed by atoms with Gasteiger partial charge in [0.1, 0.15) is 11.2 Å². The van der Waals surface area contributed by atoms with Crippen LogP contribution in [0.25, 0.3) is 11.1 Å². The molecule has 2 fully saturated rings. The van der Waals surface area contributed by atoms with Gasteiger partial charge in [-0.25, -0.2) is 0 Å². The van der Waals surface area contributed by atoms with Crippen LogP contribution in [0.5, 0.6) is 0 Å². The maximum atomic E-state index is 13.8. The minimum atomic E-state index is -0.926. The smallest absolute Gasteiger partial charge is 0.271 e. The highest BCUT2D eigenvalue weighted by molar-refractivity contribution is 6.02. The molecule has 1 atom stereocenters. The van der Waals surface area contributed by atoms with Gasteiger partial charge in [-0.15, -0.1) is 0 Å². The zero-order chi connectivity index (χ0) is 24.4. The summed E-state index contributed by atoms with van der Waals surface area (Å²) in [5.41, 5.74) is 1.28. The molecule has 0 bridgehead atoms. The average Bonchev–Trinajstić information content (AvgIpc) is 3.45. The summed E-state index contributed by atoms with van der Waals surface area (Å²) in [6, 6.07) is 3.93. The second-order valence-electron chi connectivity index (χ2n) is 10.9. The molecule has 2 aromatic rings. The van der Waals surface area contributed by atoms with Crippen molar-refractivity contribution in [2.75, 3.05) is 45.8 Å². The highest BCUT2D eigenvalue weighted by Gasteiger charge is 2.48.